The van der Waals surface area contributed by atoms with Gasteiger partial charge in [0.1, 0.15) is 0 Å². The first kappa shape index (κ1) is 23.9. The molecule has 1 spiro atoms. The second-order valence-corrected chi connectivity index (χ2v) is 10.9. The fourth-order valence-electron chi connectivity index (χ4n) is 6.26. The molecule has 5 rings (SSSR count). The van der Waals surface area contributed by atoms with Gasteiger partial charge in [0.2, 0.25) is 0 Å². The van der Waals surface area contributed by atoms with Crippen LogP contribution in [-0.4, -0.2) is 77.3 Å². The highest BCUT2D eigenvalue weighted by Gasteiger charge is 2.54. The Labute approximate surface area is 208 Å². The van der Waals surface area contributed by atoms with Gasteiger partial charge in [0.25, 0.3) is 0 Å². The van der Waals surface area contributed by atoms with Gasteiger partial charge >= 0.3 is 6.03 Å². The van der Waals surface area contributed by atoms with Crippen molar-refractivity contribution in [1.29, 1.82) is 0 Å². The summed E-state index contributed by atoms with van der Waals surface area (Å²) in [5, 5.41) is 3.31. The predicted molar refractivity (Wildman–Crippen MR) is 136 cm³/mol. The molecular formula is C28H37N5O2. The van der Waals surface area contributed by atoms with E-state index in [0.29, 0.717) is 12.5 Å². The first-order valence-electron chi connectivity index (χ1n) is 12.9. The van der Waals surface area contributed by atoms with Crippen molar-refractivity contribution in [3.05, 3.63) is 66.0 Å². The molecule has 1 saturated carbocycles. The number of pyridine rings is 1. The number of likely N-dealkylation sites (tertiary alicyclic amines) is 1. The number of aromatic nitrogens is 1. The third-order valence-corrected chi connectivity index (χ3v) is 8.27. The van der Waals surface area contributed by atoms with Crippen LogP contribution < -0.4 is 5.32 Å². The van der Waals surface area contributed by atoms with Crippen molar-refractivity contribution in [3.63, 3.8) is 0 Å². The van der Waals surface area contributed by atoms with Crippen LogP contribution in [0.2, 0.25) is 0 Å². The molecule has 1 aromatic carbocycles. The van der Waals surface area contributed by atoms with Gasteiger partial charge in [-0.2, -0.15) is 0 Å². The number of amides is 2. The molecule has 3 fully saturated rings. The number of nitrogens with one attached hydrogen (secondary N) is 1. The van der Waals surface area contributed by atoms with Crippen molar-refractivity contribution >= 4 is 11.8 Å². The molecule has 0 bridgehead atoms. The lowest BCUT2D eigenvalue weighted by atomic mass is 9.76. The van der Waals surface area contributed by atoms with Crippen molar-refractivity contribution in [2.45, 2.75) is 49.7 Å². The molecule has 2 atom stereocenters. The Morgan fingerprint density at radius 1 is 1.09 bits per heavy atom. The van der Waals surface area contributed by atoms with Crippen LogP contribution >= 0.6 is 0 Å². The average Bonchev–Trinajstić information content (AvgIpc) is 3.11. The number of carbonyl (C=O) groups excluding carboxylic acids is 2. The minimum Gasteiger partial charge on any atom is -0.329 e. The van der Waals surface area contributed by atoms with E-state index < -0.39 is 0 Å². The molecule has 0 radical (unpaired) electrons. The number of piperidine rings is 1. The lowest BCUT2D eigenvalue weighted by Crippen LogP contribution is -2.67. The molecule has 2 aliphatic heterocycles. The number of benzene rings is 1. The second kappa shape index (κ2) is 9.70. The molecule has 1 aliphatic carbocycles. The Kier molecular flexibility index (Phi) is 6.64. The van der Waals surface area contributed by atoms with Gasteiger partial charge in [-0.25, -0.2) is 4.79 Å². The lowest BCUT2D eigenvalue weighted by molar-refractivity contribution is -0.119. The zero-order chi connectivity index (χ0) is 24.5. The largest absolute Gasteiger partial charge is 0.329 e. The minimum absolute atomic E-state index is 0.0185. The third kappa shape index (κ3) is 4.71. The summed E-state index contributed by atoms with van der Waals surface area (Å²) < 4.78 is 0. The van der Waals surface area contributed by atoms with Crippen LogP contribution in [0.3, 0.4) is 0 Å². The Balaban J connectivity index is 1.34. The number of hydrogen-bond donors (Lipinski definition) is 1. The summed E-state index contributed by atoms with van der Waals surface area (Å²) in [7, 11) is 4.35. The van der Waals surface area contributed by atoms with Crippen LogP contribution in [0.15, 0.2) is 54.7 Å². The average molecular weight is 476 g/mol. The van der Waals surface area contributed by atoms with Gasteiger partial charge in [-0.1, -0.05) is 42.8 Å². The van der Waals surface area contributed by atoms with Gasteiger partial charge in [-0.15, -0.1) is 0 Å². The number of rotatable bonds is 8. The van der Waals surface area contributed by atoms with Crippen LogP contribution in [0.4, 0.5) is 4.79 Å². The molecule has 1 aromatic heterocycles. The van der Waals surface area contributed by atoms with Gasteiger partial charge in [-0.3, -0.25) is 19.6 Å². The molecule has 2 saturated heterocycles. The summed E-state index contributed by atoms with van der Waals surface area (Å²) in [5.41, 5.74) is 1.52. The molecule has 3 heterocycles. The number of hydrogen-bond acceptors (Lipinski definition) is 5. The highest BCUT2D eigenvalue weighted by atomic mass is 16.2. The maximum Gasteiger partial charge on any atom is 0.318 e. The number of nitrogens with zero attached hydrogens (tertiary/aromatic N) is 4. The molecule has 186 valence electrons. The van der Waals surface area contributed by atoms with E-state index >= 15 is 0 Å². The van der Waals surface area contributed by atoms with Crippen LogP contribution in [0, 0.1) is 5.92 Å². The van der Waals surface area contributed by atoms with E-state index in [0.717, 1.165) is 31.6 Å². The highest BCUT2D eigenvalue weighted by Crippen LogP contribution is 2.45. The number of ketones is 1. The molecule has 3 aliphatic rings. The van der Waals surface area contributed by atoms with Gasteiger partial charge in [0, 0.05) is 31.5 Å². The van der Waals surface area contributed by atoms with Gasteiger partial charge in [0.15, 0.2) is 5.78 Å². The van der Waals surface area contributed by atoms with Gasteiger partial charge in [-0.05, 0) is 63.4 Å². The van der Waals surface area contributed by atoms with Crippen molar-refractivity contribution in [2.75, 3.05) is 40.3 Å². The minimum atomic E-state index is -0.333. The highest BCUT2D eigenvalue weighted by molar-refractivity contribution is 5.88. The maximum absolute atomic E-state index is 13.0. The summed E-state index contributed by atoms with van der Waals surface area (Å²) in [5.74, 6) is 0.728. The van der Waals surface area contributed by atoms with Gasteiger partial charge < -0.3 is 10.2 Å². The normalized spacial score (nSPS) is 27.3. The van der Waals surface area contributed by atoms with E-state index in [1.807, 2.05) is 18.2 Å². The molecule has 35 heavy (non-hydrogen) atoms. The molecule has 7 nitrogen and oxygen atoms in total. The maximum atomic E-state index is 13.0. The van der Waals surface area contributed by atoms with E-state index in [1.165, 1.54) is 24.8 Å². The van der Waals surface area contributed by atoms with Crippen molar-refractivity contribution in [3.8, 4) is 0 Å². The molecule has 1 N–H and O–H groups in total. The second-order valence-electron chi connectivity index (χ2n) is 10.9. The Morgan fingerprint density at radius 2 is 1.86 bits per heavy atom. The molecule has 7 heteroatoms. The summed E-state index contributed by atoms with van der Waals surface area (Å²) in [4.78, 5) is 36.7. The quantitative estimate of drug-likeness (QED) is 0.635. The molecular weight excluding hydrogens is 438 g/mol. The fourth-order valence-corrected chi connectivity index (χ4v) is 6.26. The lowest BCUT2D eigenvalue weighted by Gasteiger charge is -2.57. The monoisotopic (exact) mass is 475 g/mol. The first-order valence-corrected chi connectivity index (χ1v) is 12.9. The molecule has 2 amide bonds. The zero-order valence-electron chi connectivity index (χ0n) is 20.9. The smallest absolute Gasteiger partial charge is 0.318 e. The first-order chi connectivity index (χ1) is 16.9. The topological polar surface area (TPSA) is 68.8 Å². The Hall–Kier alpha value is -2.77. The number of urea groups is 1. The SMILES string of the molecule is CN(C)[C@]1(c2ccccc2)CC[C@@]2(CN(CC(=O)Cc3ccccn3)C(=O)N2)CN1CC1CCC1. The van der Waals surface area contributed by atoms with Crippen LogP contribution in [0.5, 0.6) is 0 Å². The number of Topliss-reactive ketones (excluding diaryl/α,β-unsaturated/α-hetero) is 1. The summed E-state index contributed by atoms with van der Waals surface area (Å²) in [6, 6.07) is 16.3. The van der Waals surface area contributed by atoms with E-state index in [1.54, 1.807) is 11.1 Å². The molecule has 2 aromatic rings. The zero-order valence-corrected chi connectivity index (χ0v) is 20.9. The standard InChI is InChI=1S/C28H37N5O2/c1-31(2)28(23-11-4-3-5-12-23)15-14-27(21-33(28)18-22-9-8-10-22)20-32(26(35)30-27)19-25(34)17-24-13-6-7-16-29-24/h3-7,11-13,16,22H,8-10,14-15,17-21H2,1-2H3,(H,30,35)/t27-,28-/m1/s1. The summed E-state index contributed by atoms with van der Waals surface area (Å²) in [6.07, 6.45) is 7.62. The predicted octanol–water partition coefficient (Wildman–Crippen LogP) is 3.27. The van der Waals surface area contributed by atoms with Crippen LogP contribution in [-0.2, 0) is 16.9 Å². The van der Waals surface area contributed by atoms with E-state index in [-0.39, 0.29) is 36.0 Å². The Morgan fingerprint density at radius 3 is 2.51 bits per heavy atom. The molecule has 0 unspecified atom stereocenters. The summed E-state index contributed by atoms with van der Waals surface area (Å²) >= 11 is 0. The van der Waals surface area contributed by atoms with E-state index in [2.05, 4.69) is 64.5 Å². The van der Waals surface area contributed by atoms with Crippen molar-refractivity contribution < 1.29 is 9.59 Å². The van der Waals surface area contributed by atoms with Crippen LogP contribution in [0.25, 0.3) is 0 Å². The fraction of sp³-hybridized carbons (Fsp3) is 0.536. The summed E-state index contributed by atoms with van der Waals surface area (Å²) in [6.45, 7) is 2.51. The van der Waals surface area contributed by atoms with E-state index in [9.17, 15) is 9.59 Å². The van der Waals surface area contributed by atoms with Crippen molar-refractivity contribution in [1.82, 2.24) is 25.0 Å². The van der Waals surface area contributed by atoms with Gasteiger partial charge in [0.05, 0.1) is 24.2 Å². The third-order valence-electron chi connectivity index (χ3n) is 8.27. The van der Waals surface area contributed by atoms with E-state index in [4.69, 9.17) is 0 Å². The number of carbonyl (C=O) groups is 2. The Bertz CT molecular complexity index is 1040. The van der Waals surface area contributed by atoms with Crippen LogP contribution in [0.1, 0.15) is 43.4 Å². The van der Waals surface area contributed by atoms with Crippen molar-refractivity contribution in [2.24, 2.45) is 5.92 Å².